The van der Waals surface area contributed by atoms with Crippen molar-refractivity contribution >= 4 is 6.09 Å². The van der Waals surface area contributed by atoms with E-state index in [0.29, 0.717) is 6.54 Å². The fraction of sp³-hybridized carbons (Fsp3) is 0.632. The number of carbonyl (C=O) groups excluding carboxylic acids is 1. The first kappa shape index (κ1) is 19.5. The zero-order chi connectivity index (χ0) is 17.5. The molecule has 1 aromatic carbocycles. The monoisotopic (exact) mass is 320 g/mol. The van der Waals surface area contributed by atoms with E-state index in [2.05, 4.69) is 50.4 Å². The summed E-state index contributed by atoms with van der Waals surface area (Å²) < 4.78 is 5.47. The summed E-state index contributed by atoms with van der Waals surface area (Å²) in [7, 11) is 0. The van der Waals surface area contributed by atoms with E-state index in [9.17, 15) is 4.79 Å². The Hall–Kier alpha value is -1.55. The molecule has 0 fully saturated rings. The summed E-state index contributed by atoms with van der Waals surface area (Å²) in [5.74, 6) is 0. The van der Waals surface area contributed by atoms with Crippen LogP contribution in [0.15, 0.2) is 24.3 Å². The number of hydrogen-bond donors (Lipinski definition) is 1. The van der Waals surface area contributed by atoms with Crippen LogP contribution in [-0.4, -0.2) is 36.2 Å². The van der Waals surface area contributed by atoms with Gasteiger partial charge in [0.05, 0.1) is 0 Å². The predicted molar refractivity (Wildman–Crippen MR) is 95.7 cm³/mol. The minimum Gasteiger partial charge on any atom is -0.444 e. The lowest BCUT2D eigenvalue weighted by Gasteiger charge is -2.27. The second kappa shape index (κ2) is 8.92. The Labute approximate surface area is 141 Å². The average Bonchev–Trinajstić information content (AvgIpc) is 2.44. The molecule has 0 aliphatic carbocycles. The third kappa shape index (κ3) is 7.51. The number of hydrogen-bond acceptors (Lipinski definition) is 3. The Morgan fingerprint density at radius 2 is 2.00 bits per heavy atom. The van der Waals surface area contributed by atoms with E-state index in [1.54, 1.807) is 4.90 Å². The molecule has 0 bridgehead atoms. The van der Waals surface area contributed by atoms with E-state index in [-0.39, 0.29) is 12.1 Å². The zero-order valence-corrected chi connectivity index (χ0v) is 15.5. The first-order valence-corrected chi connectivity index (χ1v) is 8.51. The smallest absolute Gasteiger partial charge is 0.410 e. The summed E-state index contributed by atoms with van der Waals surface area (Å²) in [6.45, 7) is 14.1. The molecule has 1 atom stereocenters. The van der Waals surface area contributed by atoms with Gasteiger partial charge in [-0.2, -0.15) is 0 Å². The Morgan fingerprint density at radius 1 is 1.30 bits per heavy atom. The maximum absolute atomic E-state index is 12.2. The Kier molecular flexibility index (Phi) is 7.56. The van der Waals surface area contributed by atoms with Crippen molar-refractivity contribution in [2.45, 2.75) is 59.6 Å². The molecule has 0 aliphatic rings. The maximum Gasteiger partial charge on any atom is 0.410 e. The van der Waals surface area contributed by atoms with Crippen LogP contribution < -0.4 is 5.32 Å². The van der Waals surface area contributed by atoms with Gasteiger partial charge in [0.2, 0.25) is 0 Å². The van der Waals surface area contributed by atoms with E-state index in [0.717, 1.165) is 19.5 Å². The maximum atomic E-state index is 12.2. The van der Waals surface area contributed by atoms with Crippen LogP contribution in [0.25, 0.3) is 0 Å². The number of rotatable bonds is 7. The molecule has 0 heterocycles. The lowest BCUT2D eigenvalue weighted by molar-refractivity contribution is 0.0251. The Morgan fingerprint density at radius 3 is 2.57 bits per heavy atom. The number of nitrogens with zero attached hydrogens (tertiary/aromatic N) is 1. The number of nitrogens with one attached hydrogen (secondary N) is 1. The van der Waals surface area contributed by atoms with Crippen molar-refractivity contribution in [2.24, 2.45) is 0 Å². The topological polar surface area (TPSA) is 41.6 Å². The van der Waals surface area contributed by atoms with E-state index in [1.165, 1.54) is 11.1 Å². The molecule has 1 amide bonds. The summed E-state index contributed by atoms with van der Waals surface area (Å²) in [6, 6.07) is 8.75. The van der Waals surface area contributed by atoms with Crippen molar-refractivity contribution in [2.75, 3.05) is 19.6 Å². The molecule has 0 aliphatic heterocycles. The number of ether oxygens (including phenoxy) is 1. The van der Waals surface area contributed by atoms with Crippen LogP contribution in [0.2, 0.25) is 0 Å². The van der Waals surface area contributed by atoms with Gasteiger partial charge in [0.15, 0.2) is 0 Å². The van der Waals surface area contributed by atoms with Crippen molar-refractivity contribution in [1.29, 1.82) is 0 Å². The van der Waals surface area contributed by atoms with Crippen LogP contribution in [0.3, 0.4) is 0 Å². The summed E-state index contributed by atoms with van der Waals surface area (Å²) in [5.41, 5.74) is 2.08. The van der Waals surface area contributed by atoms with Gasteiger partial charge in [-0.1, -0.05) is 36.8 Å². The van der Waals surface area contributed by atoms with E-state index >= 15 is 0 Å². The molecule has 4 nitrogen and oxygen atoms in total. The van der Waals surface area contributed by atoms with E-state index in [1.807, 2.05) is 20.8 Å². The van der Waals surface area contributed by atoms with Gasteiger partial charge < -0.3 is 15.0 Å². The molecule has 1 aromatic rings. The zero-order valence-electron chi connectivity index (χ0n) is 15.5. The van der Waals surface area contributed by atoms with Crippen molar-refractivity contribution < 1.29 is 9.53 Å². The first-order valence-electron chi connectivity index (χ1n) is 8.51. The van der Waals surface area contributed by atoms with Crippen molar-refractivity contribution in [3.05, 3.63) is 35.4 Å². The highest BCUT2D eigenvalue weighted by molar-refractivity contribution is 5.68. The molecule has 0 saturated heterocycles. The van der Waals surface area contributed by atoms with Crippen LogP contribution in [0.1, 0.15) is 58.2 Å². The SMILES string of the molecule is CCCN(CCNC(C)c1cccc(C)c1)C(=O)OC(C)(C)C. The molecule has 130 valence electrons. The van der Waals surface area contributed by atoms with Gasteiger partial charge in [-0.05, 0) is 46.6 Å². The van der Waals surface area contributed by atoms with Gasteiger partial charge >= 0.3 is 6.09 Å². The number of amides is 1. The minimum absolute atomic E-state index is 0.232. The Balaban J connectivity index is 2.50. The molecular weight excluding hydrogens is 288 g/mol. The predicted octanol–water partition coefficient (Wildman–Crippen LogP) is 4.29. The second-order valence-electron chi connectivity index (χ2n) is 7.06. The summed E-state index contributed by atoms with van der Waals surface area (Å²) >= 11 is 0. The van der Waals surface area contributed by atoms with Crippen LogP contribution >= 0.6 is 0 Å². The number of carbonyl (C=O) groups is 1. The van der Waals surface area contributed by atoms with Crippen LogP contribution in [0.5, 0.6) is 0 Å². The van der Waals surface area contributed by atoms with Gasteiger partial charge in [-0.15, -0.1) is 0 Å². The number of aryl methyl sites for hydroxylation is 1. The molecule has 0 radical (unpaired) electrons. The summed E-state index contributed by atoms with van der Waals surface area (Å²) in [4.78, 5) is 14.0. The largest absolute Gasteiger partial charge is 0.444 e. The van der Waals surface area contributed by atoms with Gasteiger partial charge in [0, 0.05) is 25.7 Å². The van der Waals surface area contributed by atoms with Gasteiger partial charge in [0.1, 0.15) is 5.60 Å². The fourth-order valence-electron chi connectivity index (χ4n) is 2.36. The molecule has 0 spiro atoms. The van der Waals surface area contributed by atoms with Gasteiger partial charge in [0.25, 0.3) is 0 Å². The molecule has 1 N–H and O–H groups in total. The van der Waals surface area contributed by atoms with Crippen molar-refractivity contribution in [3.8, 4) is 0 Å². The first-order chi connectivity index (χ1) is 10.7. The molecule has 4 heteroatoms. The molecule has 1 rings (SSSR count). The minimum atomic E-state index is -0.453. The standard InChI is InChI=1S/C19H32N2O2/c1-7-12-21(18(22)23-19(4,5)6)13-11-20-16(3)17-10-8-9-15(2)14-17/h8-10,14,16,20H,7,11-13H2,1-6H3. The molecule has 0 aromatic heterocycles. The average molecular weight is 320 g/mol. The third-order valence-corrected chi connectivity index (χ3v) is 3.52. The van der Waals surface area contributed by atoms with Crippen LogP contribution in [0.4, 0.5) is 4.79 Å². The van der Waals surface area contributed by atoms with E-state index in [4.69, 9.17) is 4.74 Å². The van der Waals surface area contributed by atoms with E-state index < -0.39 is 5.60 Å². The van der Waals surface area contributed by atoms with Crippen LogP contribution in [-0.2, 0) is 4.74 Å². The van der Waals surface area contributed by atoms with Gasteiger partial charge in [-0.3, -0.25) is 0 Å². The van der Waals surface area contributed by atoms with Gasteiger partial charge in [-0.25, -0.2) is 4.79 Å². The molecule has 1 unspecified atom stereocenters. The normalized spacial score (nSPS) is 12.8. The van der Waals surface area contributed by atoms with Crippen molar-refractivity contribution in [3.63, 3.8) is 0 Å². The Bertz CT molecular complexity index is 494. The molecule has 23 heavy (non-hydrogen) atoms. The fourth-order valence-corrected chi connectivity index (χ4v) is 2.36. The third-order valence-electron chi connectivity index (χ3n) is 3.52. The highest BCUT2D eigenvalue weighted by atomic mass is 16.6. The highest BCUT2D eigenvalue weighted by Crippen LogP contribution is 2.14. The summed E-state index contributed by atoms with van der Waals surface area (Å²) in [5, 5.41) is 3.48. The second-order valence-corrected chi connectivity index (χ2v) is 7.06. The van der Waals surface area contributed by atoms with Crippen LogP contribution in [0, 0.1) is 6.92 Å². The lowest BCUT2D eigenvalue weighted by atomic mass is 10.1. The molecular formula is C19H32N2O2. The lowest BCUT2D eigenvalue weighted by Crippen LogP contribution is -2.41. The highest BCUT2D eigenvalue weighted by Gasteiger charge is 2.21. The van der Waals surface area contributed by atoms with Crippen molar-refractivity contribution in [1.82, 2.24) is 10.2 Å². The quantitative estimate of drug-likeness (QED) is 0.814. The summed E-state index contributed by atoms with van der Waals surface area (Å²) in [6.07, 6.45) is 0.691. The molecule has 0 saturated carbocycles. The number of benzene rings is 1.